The molecule has 0 saturated heterocycles. The number of ether oxygens (including phenoxy) is 1. The summed E-state index contributed by atoms with van der Waals surface area (Å²) in [6, 6.07) is 13.3. The van der Waals surface area contributed by atoms with Gasteiger partial charge in [0.15, 0.2) is 0 Å². The first-order valence-corrected chi connectivity index (χ1v) is 9.11. The predicted molar refractivity (Wildman–Crippen MR) is 105 cm³/mol. The van der Waals surface area contributed by atoms with E-state index in [-0.39, 0.29) is 12.5 Å². The Labute approximate surface area is 160 Å². The van der Waals surface area contributed by atoms with Crippen LogP contribution in [-0.2, 0) is 11.3 Å². The second kappa shape index (κ2) is 8.62. The summed E-state index contributed by atoms with van der Waals surface area (Å²) in [5, 5.41) is 4.05. The van der Waals surface area contributed by atoms with Crippen molar-refractivity contribution in [2.24, 2.45) is 5.10 Å². The lowest BCUT2D eigenvalue weighted by Gasteiger charge is -2.08. The molecule has 1 N–H and O–H groups in total. The second-order valence-corrected chi connectivity index (χ2v) is 6.60. The van der Waals surface area contributed by atoms with Gasteiger partial charge in [-0.05, 0) is 36.8 Å². The average Bonchev–Trinajstić information content (AvgIpc) is 3.04. The van der Waals surface area contributed by atoms with Gasteiger partial charge in [0.25, 0.3) is 5.91 Å². The van der Waals surface area contributed by atoms with Crippen LogP contribution in [0.2, 0.25) is 0 Å². The summed E-state index contributed by atoms with van der Waals surface area (Å²) in [5.41, 5.74) is 5.11. The maximum Gasteiger partial charge on any atom is 0.260 e. The summed E-state index contributed by atoms with van der Waals surface area (Å²) >= 11 is 3.43. The Morgan fingerprint density at radius 2 is 2.19 bits per heavy atom. The molecule has 1 heterocycles. The number of carbonyl (C=O) groups excluding carboxylic acids is 1. The van der Waals surface area contributed by atoms with Gasteiger partial charge in [0.2, 0.25) is 0 Å². The van der Waals surface area contributed by atoms with E-state index in [1.807, 2.05) is 49.4 Å². The van der Waals surface area contributed by atoms with Gasteiger partial charge in [0.1, 0.15) is 12.3 Å². The summed E-state index contributed by atoms with van der Waals surface area (Å²) in [7, 11) is 0. The number of imidazole rings is 1. The zero-order valence-electron chi connectivity index (χ0n) is 14.4. The van der Waals surface area contributed by atoms with Gasteiger partial charge < -0.3 is 9.30 Å². The van der Waals surface area contributed by atoms with Gasteiger partial charge in [0, 0.05) is 10.0 Å². The molecule has 0 spiro atoms. The number of nitrogens with one attached hydrogen (secondary N) is 1. The highest BCUT2D eigenvalue weighted by atomic mass is 79.9. The SMILES string of the molecule is CCCOc1ccc(Br)cc1/C=N\NC(=O)Cn1cnc2ccccc21. The third kappa shape index (κ3) is 4.49. The number of carbonyl (C=O) groups is 1. The van der Waals surface area contributed by atoms with Crippen LogP contribution in [0.1, 0.15) is 18.9 Å². The van der Waals surface area contributed by atoms with Crippen molar-refractivity contribution in [1.82, 2.24) is 15.0 Å². The minimum Gasteiger partial charge on any atom is -0.493 e. The van der Waals surface area contributed by atoms with E-state index in [1.165, 1.54) is 0 Å². The fourth-order valence-electron chi connectivity index (χ4n) is 2.46. The Bertz CT molecular complexity index is 936. The van der Waals surface area contributed by atoms with Crippen molar-refractivity contribution < 1.29 is 9.53 Å². The molecule has 0 bridgehead atoms. The summed E-state index contributed by atoms with van der Waals surface area (Å²) < 4.78 is 8.40. The van der Waals surface area contributed by atoms with Crippen LogP contribution < -0.4 is 10.2 Å². The quantitative estimate of drug-likeness (QED) is 0.472. The van der Waals surface area contributed by atoms with Crippen molar-refractivity contribution in [3.63, 3.8) is 0 Å². The number of halogens is 1. The molecule has 0 aliphatic carbocycles. The number of para-hydroxylation sites is 2. The molecule has 6 nitrogen and oxygen atoms in total. The molecule has 0 fully saturated rings. The minimum atomic E-state index is -0.226. The molecule has 0 radical (unpaired) electrons. The largest absolute Gasteiger partial charge is 0.493 e. The third-order valence-corrected chi connectivity index (χ3v) is 4.16. The Kier molecular flexibility index (Phi) is 6.01. The van der Waals surface area contributed by atoms with Gasteiger partial charge in [-0.3, -0.25) is 4.79 Å². The zero-order chi connectivity index (χ0) is 18.4. The molecular weight excluding hydrogens is 396 g/mol. The molecule has 0 aliphatic heterocycles. The molecule has 0 saturated carbocycles. The maximum absolute atomic E-state index is 12.2. The first-order valence-electron chi connectivity index (χ1n) is 8.31. The van der Waals surface area contributed by atoms with Crippen LogP contribution >= 0.6 is 15.9 Å². The van der Waals surface area contributed by atoms with E-state index in [1.54, 1.807) is 17.1 Å². The third-order valence-electron chi connectivity index (χ3n) is 3.67. The van der Waals surface area contributed by atoms with E-state index < -0.39 is 0 Å². The van der Waals surface area contributed by atoms with Gasteiger partial charge in [-0.1, -0.05) is 35.0 Å². The lowest BCUT2D eigenvalue weighted by molar-refractivity contribution is -0.121. The van der Waals surface area contributed by atoms with E-state index in [4.69, 9.17) is 4.74 Å². The number of amides is 1. The van der Waals surface area contributed by atoms with Crippen LogP contribution in [0.3, 0.4) is 0 Å². The molecule has 134 valence electrons. The fourth-order valence-corrected chi connectivity index (χ4v) is 2.84. The molecule has 2 aromatic carbocycles. The molecule has 3 rings (SSSR count). The van der Waals surface area contributed by atoms with E-state index in [2.05, 4.69) is 31.4 Å². The molecule has 1 amide bonds. The highest BCUT2D eigenvalue weighted by Crippen LogP contribution is 2.22. The summed E-state index contributed by atoms with van der Waals surface area (Å²) in [6.45, 7) is 2.82. The lowest BCUT2D eigenvalue weighted by Crippen LogP contribution is -2.22. The first kappa shape index (κ1) is 18.1. The normalized spacial score (nSPS) is 11.2. The van der Waals surface area contributed by atoms with E-state index in [0.717, 1.165) is 33.2 Å². The number of benzene rings is 2. The lowest BCUT2D eigenvalue weighted by atomic mass is 10.2. The van der Waals surface area contributed by atoms with E-state index in [9.17, 15) is 4.79 Å². The smallest absolute Gasteiger partial charge is 0.260 e. The highest BCUT2D eigenvalue weighted by Gasteiger charge is 2.06. The number of rotatable bonds is 7. The number of hydrogen-bond donors (Lipinski definition) is 1. The van der Waals surface area contributed by atoms with Crippen LogP contribution in [0.25, 0.3) is 11.0 Å². The Balaban J connectivity index is 1.65. The monoisotopic (exact) mass is 414 g/mol. The number of fused-ring (bicyclic) bond motifs is 1. The standard InChI is InChI=1S/C19H19BrN4O2/c1-2-9-26-18-8-7-15(20)10-14(18)11-22-23-19(25)12-24-13-21-16-5-3-4-6-17(16)24/h3-8,10-11,13H,2,9,12H2,1H3,(H,23,25)/b22-11-. The highest BCUT2D eigenvalue weighted by molar-refractivity contribution is 9.10. The van der Waals surface area contributed by atoms with Gasteiger partial charge >= 0.3 is 0 Å². The number of nitrogens with zero attached hydrogens (tertiary/aromatic N) is 3. The minimum absolute atomic E-state index is 0.148. The van der Waals surface area contributed by atoms with Crippen molar-refractivity contribution in [1.29, 1.82) is 0 Å². The van der Waals surface area contributed by atoms with Gasteiger partial charge in [-0.2, -0.15) is 5.10 Å². The molecular formula is C19H19BrN4O2. The van der Waals surface area contributed by atoms with Crippen molar-refractivity contribution in [2.75, 3.05) is 6.61 Å². The van der Waals surface area contributed by atoms with Gasteiger partial charge in [-0.25, -0.2) is 10.4 Å². The van der Waals surface area contributed by atoms with Crippen LogP contribution in [0, 0.1) is 0 Å². The molecule has 1 aromatic heterocycles. The molecule has 0 aliphatic rings. The van der Waals surface area contributed by atoms with Crippen LogP contribution in [0.4, 0.5) is 0 Å². The van der Waals surface area contributed by atoms with Crippen molar-refractivity contribution in [2.45, 2.75) is 19.9 Å². The van der Waals surface area contributed by atoms with Crippen LogP contribution in [-0.4, -0.2) is 28.3 Å². The molecule has 0 atom stereocenters. The fraction of sp³-hybridized carbons (Fsp3) is 0.211. The number of hydrogen-bond acceptors (Lipinski definition) is 4. The predicted octanol–water partition coefficient (Wildman–Crippen LogP) is 3.74. The summed E-state index contributed by atoms with van der Waals surface area (Å²) in [5.74, 6) is 0.504. The Hall–Kier alpha value is -2.67. The van der Waals surface area contributed by atoms with Crippen molar-refractivity contribution in [3.8, 4) is 5.75 Å². The van der Waals surface area contributed by atoms with Crippen LogP contribution in [0.5, 0.6) is 5.75 Å². The Morgan fingerprint density at radius 3 is 3.04 bits per heavy atom. The van der Waals surface area contributed by atoms with Gasteiger partial charge in [0.05, 0.1) is 30.2 Å². The zero-order valence-corrected chi connectivity index (χ0v) is 15.9. The van der Waals surface area contributed by atoms with E-state index >= 15 is 0 Å². The number of hydrazone groups is 1. The van der Waals surface area contributed by atoms with Gasteiger partial charge in [-0.15, -0.1) is 0 Å². The second-order valence-electron chi connectivity index (χ2n) is 5.68. The summed E-state index contributed by atoms with van der Waals surface area (Å²) in [6.07, 6.45) is 4.15. The maximum atomic E-state index is 12.2. The molecule has 3 aromatic rings. The molecule has 7 heteroatoms. The topological polar surface area (TPSA) is 68.5 Å². The summed E-state index contributed by atoms with van der Waals surface area (Å²) in [4.78, 5) is 16.4. The van der Waals surface area contributed by atoms with Crippen molar-refractivity contribution >= 4 is 39.1 Å². The molecule has 26 heavy (non-hydrogen) atoms. The van der Waals surface area contributed by atoms with Crippen molar-refractivity contribution in [3.05, 3.63) is 58.8 Å². The molecule has 0 unspecified atom stereocenters. The number of aromatic nitrogens is 2. The van der Waals surface area contributed by atoms with E-state index in [0.29, 0.717) is 6.61 Å². The first-order chi connectivity index (χ1) is 12.7. The van der Waals surface area contributed by atoms with Crippen LogP contribution in [0.15, 0.2) is 58.4 Å². The average molecular weight is 415 g/mol. The Morgan fingerprint density at radius 1 is 1.35 bits per heavy atom.